The van der Waals surface area contributed by atoms with Crippen LogP contribution in [0.15, 0.2) is 53.4 Å². The zero-order valence-electron chi connectivity index (χ0n) is 12.3. The van der Waals surface area contributed by atoms with Gasteiger partial charge >= 0.3 is 0 Å². The molecule has 0 heterocycles. The first-order valence-corrected chi connectivity index (χ1v) is 8.72. The summed E-state index contributed by atoms with van der Waals surface area (Å²) in [6, 6.07) is 14.0. The Morgan fingerprint density at radius 2 is 1.78 bits per heavy atom. The number of rotatable bonds is 5. The molecule has 0 aliphatic heterocycles. The Kier molecular flexibility index (Phi) is 4.16. The molecule has 6 heteroatoms. The first-order chi connectivity index (χ1) is 11.0. The summed E-state index contributed by atoms with van der Waals surface area (Å²) >= 11 is 0. The molecule has 1 aliphatic carbocycles. The topological polar surface area (TPSA) is 61.2 Å². The molecule has 4 nitrogen and oxygen atoms in total. The molecule has 0 aromatic heterocycles. The first kappa shape index (κ1) is 15.7. The van der Waals surface area contributed by atoms with Gasteiger partial charge in [0.1, 0.15) is 11.9 Å². The van der Waals surface area contributed by atoms with Crippen molar-refractivity contribution in [2.45, 2.75) is 30.3 Å². The van der Waals surface area contributed by atoms with Crippen LogP contribution in [0, 0.1) is 17.1 Å². The molecule has 0 bridgehead atoms. The Hall–Kier alpha value is -2.23. The zero-order valence-corrected chi connectivity index (χ0v) is 13.1. The third kappa shape index (κ3) is 3.11. The van der Waals surface area contributed by atoms with Gasteiger partial charge in [0.2, 0.25) is 10.0 Å². The third-order valence-corrected chi connectivity index (χ3v) is 5.79. The minimum absolute atomic E-state index is 0.0225. The van der Waals surface area contributed by atoms with Gasteiger partial charge in [-0.25, -0.2) is 12.8 Å². The van der Waals surface area contributed by atoms with Gasteiger partial charge in [-0.3, -0.25) is 0 Å². The van der Waals surface area contributed by atoms with Crippen molar-refractivity contribution in [2.24, 2.45) is 0 Å². The predicted molar refractivity (Wildman–Crippen MR) is 83.3 cm³/mol. The van der Waals surface area contributed by atoms with E-state index in [2.05, 4.69) is 0 Å². The summed E-state index contributed by atoms with van der Waals surface area (Å²) in [7, 11) is -3.85. The Morgan fingerprint density at radius 3 is 2.43 bits per heavy atom. The van der Waals surface area contributed by atoms with Crippen molar-refractivity contribution in [1.82, 2.24) is 4.31 Å². The minimum atomic E-state index is -3.85. The summed E-state index contributed by atoms with van der Waals surface area (Å²) < 4.78 is 41.1. The highest BCUT2D eigenvalue weighted by atomic mass is 32.2. The second-order valence-corrected chi connectivity index (χ2v) is 7.34. The lowest BCUT2D eigenvalue weighted by Gasteiger charge is -2.22. The van der Waals surface area contributed by atoms with Crippen LogP contribution in [-0.2, 0) is 16.6 Å². The van der Waals surface area contributed by atoms with Crippen LogP contribution >= 0.6 is 0 Å². The van der Waals surface area contributed by atoms with Crippen LogP contribution in [0.5, 0.6) is 0 Å². The lowest BCUT2D eigenvalue weighted by Crippen LogP contribution is -2.33. The van der Waals surface area contributed by atoms with Crippen molar-refractivity contribution in [3.05, 3.63) is 65.5 Å². The van der Waals surface area contributed by atoms with E-state index < -0.39 is 15.8 Å². The van der Waals surface area contributed by atoms with Crippen molar-refractivity contribution in [3.8, 4) is 6.07 Å². The maximum atomic E-state index is 13.9. The molecule has 0 radical (unpaired) electrons. The SMILES string of the molecule is N#Cc1ccccc1S(=O)(=O)N(Cc1ccccc1F)C1CC1. The van der Waals surface area contributed by atoms with Crippen molar-refractivity contribution in [3.63, 3.8) is 0 Å². The van der Waals surface area contributed by atoms with Crippen LogP contribution < -0.4 is 0 Å². The van der Waals surface area contributed by atoms with Crippen molar-refractivity contribution in [1.29, 1.82) is 5.26 Å². The fourth-order valence-corrected chi connectivity index (χ4v) is 4.28. The number of hydrogen-bond acceptors (Lipinski definition) is 3. The van der Waals surface area contributed by atoms with Gasteiger partial charge in [-0.15, -0.1) is 0 Å². The summed E-state index contributed by atoms with van der Waals surface area (Å²) in [5, 5.41) is 9.16. The Morgan fingerprint density at radius 1 is 1.13 bits per heavy atom. The van der Waals surface area contributed by atoms with E-state index >= 15 is 0 Å². The maximum absolute atomic E-state index is 13.9. The molecule has 0 saturated heterocycles. The molecule has 0 amide bonds. The first-order valence-electron chi connectivity index (χ1n) is 7.28. The van der Waals surface area contributed by atoms with Gasteiger partial charge in [-0.1, -0.05) is 30.3 Å². The van der Waals surface area contributed by atoms with E-state index in [9.17, 15) is 12.8 Å². The molecule has 1 saturated carbocycles. The Balaban J connectivity index is 2.01. The van der Waals surface area contributed by atoms with Crippen LogP contribution in [0.4, 0.5) is 4.39 Å². The highest BCUT2D eigenvalue weighted by molar-refractivity contribution is 7.89. The van der Waals surface area contributed by atoms with Gasteiger partial charge in [-0.2, -0.15) is 9.57 Å². The number of nitriles is 1. The monoisotopic (exact) mass is 330 g/mol. The molecular formula is C17H15FN2O2S. The van der Waals surface area contributed by atoms with Gasteiger partial charge < -0.3 is 0 Å². The molecule has 0 atom stereocenters. The van der Waals surface area contributed by atoms with Gasteiger partial charge in [0.15, 0.2) is 0 Å². The smallest absolute Gasteiger partial charge is 0.207 e. The number of benzene rings is 2. The van der Waals surface area contributed by atoms with Crippen LogP contribution in [0.2, 0.25) is 0 Å². The Bertz CT molecular complexity index is 870. The van der Waals surface area contributed by atoms with E-state index in [1.165, 1.54) is 22.5 Å². The summed E-state index contributed by atoms with van der Waals surface area (Å²) in [5.74, 6) is -0.429. The van der Waals surface area contributed by atoms with E-state index in [0.717, 1.165) is 12.8 Å². The predicted octanol–water partition coefficient (Wildman–Crippen LogP) is 3.05. The van der Waals surface area contributed by atoms with Gasteiger partial charge in [0.25, 0.3) is 0 Å². The fourth-order valence-electron chi connectivity index (χ4n) is 2.48. The van der Waals surface area contributed by atoms with Crippen LogP contribution in [0.1, 0.15) is 24.0 Å². The molecule has 3 rings (SSSR count). The van der Waals surface area contributed by atoms with Crippen molar-refractivity contribution < 1.29 is 12.8 Å². The number of nitrogens with zero attached hydrogens (tertiary/aromatic N) is 2. The van der Waals surface area contributed by atoms with Crippen molar-refractivity contribution in [2.75, 3.05) is 0 Å². The molecule has 1 aliphatic rings. The summed E-state index contributed by atoms with van der Waals surface area (Å²) in [6.45, 7) is -0.0283. The molecule has 0 spiro atoms. The molecule has 2 aromatic carbocycles. The zero-order chi connectivity index (χ0) is 16.4. The highest BCUT2D eigenvalue weighted by Gasteiger charge is 2.39. The number of sulfonamides is 1. The largest absolute Gasteiger partial charge is 0.244 e. The number of halogens is 1. The van der Waals surface area contributed by atoms with Crippen LogP contribution in [0.25, 0.3) is 0 Å². The molecule has 0 N–H and O–H groups in total. The number of hydrogen-bond donors (Lipinski definition) is 0. The lowest BCUT2D eigenvalue weighted by atomic mass is 10.2. The molecule has 2 aromatic rings. The van der Waals surface area contributed by atoms with E-state index in [1.807, 2.05) is 6.07 Å². The van der Waals surface area contributed by atoms with Crippen LogP contribution in [0.3, 0.4) is 0 Å². The quantitative estimate of drug-likeness (QED) is 0.846. The van der Waals surface area contributed by atoms with Crippen LogP contribution in [-0.4, -0.2) is 18.8 Å². The fraction of sp³-hybridized carbons (Fsp3) is 0.235. The summed E-state index contributed by atoms with van der Waals surface area (Å²) in [6.07, 6.45) is 1.50. The standard InChI is InChI=1S/C17H15FN2O2S/c18-16-7-3-1-6-14(16)12-20(15-9-10-15)23(21,22)17-8-4-2-5-13(17)11-19/h1-8,15H,9-10,12H2. The summed E-state index contributed by atoms with van der Waals surface area (Å²) in [4.78, 5) is -0.0225. The van der Waals surface area contributed by atoms with E-state index in [4.69, 9.17) is 5.26 Å². The molecular weight excluding hydrogens is 315 g/mol. The molecule has 1 fully saturated rings. The van der Waals surface area contributed by atoms with E-state index in [1.54, 1.807) is 30.3 Å². The second kappa shape index (κ2) is 6.11. The second-order valence-electron chi connectivity index (χ2n) is 5.48. The van der Waals surface area contributed by atoms with E-state index in [0.29, 0.717) is 5.56 Å². The van der Waals surface area contributed by atoms with E-state index in [-0.39, 0.29) is 23.0 Å². The highest BCUT2D eigenvalue weighted by Crippen LogP contribution is 2.34. The lowest BCUT2D eigenvalue weighted by molar-refractivity contribution is 0.391. The average molecular weight is 330 g/mol. The molecule has 23 heavy (non-hydrogen) atoms. The van der Waals surface area contributed by atoms with Gasteiger partial charge in [-0.05, 0) is 31.0 Å². The molecule has 118 valence electrons. The maximum Gasteiger partial charge on any atom is 0.244 e. The average Bonchev–Trinajstić information content (AvgIpc) is 3.38. The minimum Gasteiger partial charge on any atom is -0.207 e. The van der Waals surface area contributed by atoms with Crippen molar-refractivity contribution >= 4 is 10.0 Å². The molecule has 0 unspecified atom stereocenters. The normalized spacial score (nSPS) is 14.7. The Labute approximate surface area is 134 Å². The third-order valence-electron chi connectivity index (χ3n) is 3.83. The van der Waals surface area contributed by atoms with Gasteiger partial charge in [0.05, 0.1) is 10.5 Å². The summed E-state index contributed by atoms with van der Waals surface area (Å²) in [5.41, 5.74) is 0.434. The van der Waals surface area contributed by atoms with Gasteiger partial charge in [0, 0.05) is 18.2 Å².